The highest BCUT2D eigenvalue weighted by molar-refractivity contribution is 6.76. The molecule has 88 valence electrons. The van der Waals surface area contributed by atoms with Crippen molar-refractivity contribution in [3.05, 3.63) is 12.2 Å². The summed E-state index contributed by atoms with van der Waals surface area (Å²) in [6, 6.07) is 1.08. The van der Waals surface area contributed by atoms with E-state index in [4.69, 9.17) is 9.47 Å². The number of rotatable bonds is 3. The molecule has 2 nitrogen and oxygen atoms in total. The van der Waals surface area contributed by atoms with E-state index in [2.05, 4.69) is 40.1 Å². The van der Waals surface area contributed by atoms with E-state index < -0.39 is 8.07 Å². The van der Waals surface area contributed by atoms with Gasteiger partial charge in [0.1, 0.15) is 0 Å². The minimum atomic E-state index is -1.11. The van der Waals surface area contributed by atoms with E-state index in [9.17, 15) is 0 Å². The summed E-state index contributed by atoms with van der Waals surface area (Å²) >= 11 is 0. The second-order valence-corrected chi connectivity index (χ2v) is 11.3. The molecule has 1 saturated heterocycles. The van der Waals surface area contributed by atoms with Crippen LogP contribution in [0.3, 0.4) is 0 Å². The Balaban J connectivity index is 2.52. The zero-order valence-electron chi connectivity index (χ0n) is 10.7. The lowest BCUT2D eigenvalue weighted by molar-refractivity contribution is -0.215. The van der Waals surface area contributed by atoms with Crippen molar-refractivity contribution in [2.45, 2.75) is 64.5 Å². The van der Waals surface area contributed by atoms with Gasteiger partial charge >= 0.3 is 0 Å². The zero-order valence-corrected chi connectivity index (χ0v) is 11.7. The van der Waals surface area contributed by atoms with Crippen LogP contribution in [-0.2, 0) is 9.47 Å². The van der Waals surface area contributed by atoms with Crippen LogP contribution in [0, 0.1) is 0 Å². The molecule has 0 aliphatic carbocycles. The molecule has 2 atom stereocenters. The van der Waals surface area contributed by atoms with Gasteiger partial charge in [0.05, 0.1) is 12.2 Å². The molecule has 1 heterocycles. The van der Waals surface area contributed by atoms with Gasteiger partial charge in [-0.2, -0.15) is 0 Å². The van der Waals surface area contributed by atoms with Gasteiger partial charge in [-0.15, -0.1) is 0 Å². The lowest BCUT2D eigenvalue weighted by atomic mass is 10.1. The largest absolute Gasteiger partial charge is 0.346 e. The molecule has 0 saturated carbocycles. The van der Waals surface area contributed by atoms with Crippen molar-refractivity contribution in [2.24, 2.45) is 0 Å². The van der Waals surface area contributed by atoms with Crippen LogP contribution in [0.25, 0.3) is 0 Å². The molecule has 0 aromatic rings. The average molecular weight is 228 g/mol. The van der Waals surface area contributed by atoms with Crippen molar-refractivity contribution in [3.8, 4) is 0 Å². The quantitative estimate of drug-likeness (QED) is 0.544. The Labute approximate surface area is 94.7 Å². The fourth-order valence-electron chi connectivity index (χ4n) is 1.99. The fourth-order valence-corrected chi connectivity index (χ4v) is 3.52. The standard InChI is InChI=1S/C12H24O2Si/c1-9(8-15(4,5)6)12-13-10(2)7-11(3)14-12/h10-12H,1,7-8H2,2-6H3/t10-,11-/m0/s1. The molecule has 0 bridgehead atoms. The van der Waals surface area contributed by atoms with Crippen molar-refractivity contribution in [1.82, 2.24) is 0 Å². The van der Waals surface area contributed by atoms with Crippen molar-refractivity contribution < 1.29 is 9.47 Å². The van der Waals surface area contributed by atoms with Crippen LogP contribution in [0.2, 0.25) is 25.7 Å². The van der Waals surface area contributed by atoms with E-state index >= 15 is 0 Å². The van der Waals surface area contributed by atoms with E-state index in [1.165, 1.54) is 0 Å². The molecule has 0 spiro atoms. The molecule has 0 radical (unpaired) electrons. The van der Waals surface area contributed by atoms with Crippen LogP contribution < -0.4 is 0 Å². The van der Waals surface area contributed by atoms with Gasteiger partial charge in [0.25, 0.3) is 0 Å². The molecule has 3 heteroatoms. The zero-order chi connectivity index (χ0) is 11.6. The molecule has 15 heavy (non-hydrogen) atoms. The van der Waals surface area contributed by atoms with Gasteiger partial charge < -0.3 is 9.47 Å². The molecule has 0 aromatic carbocycles. The summed E-state index contributed by atoms with van der Waals surface area (Å²) in [7, 11) is -1.11. The average Bonchev–Trinajstić information content (AvgIpc) is 1.98. The Kier molecular flexibility index (Phi) is 4.15. The normalized spacial score (nSPS) is 32.7. The lowest BCUT2D eigenvalue weighted by Crippen LogP contribution is -2.37. The summed E-state index contributed by atoms with van der Waals surface area (Å²) in [5.41, 5.74) is 1.12. The molecule has 1 aliphatic heterocycles. The summed E-state index contributed by atoms with van der Waals surface area (Å²) in [6.07, 6.45) is 1.39. The Hall–Kier alpha value is -0.123. The Bertz CT molecular complexity index is 222. The van der Waals surface area contributed by atoms with E-state index in [0.29, 0.717) is 0 Å². The summed E-state index contributed by atoms with van der Waals surface area (Å²) in [5.74, 6) is 0. The maximum atomic E-state index is 5.76. The molecule has 0 N–H and O–H groups in total. The first-order chi connectivity index (χ1) is 6.78. The highest BCUT2D eigenvalue weighted by Crippen LogP contribution is 2.26. The highest BCUT2D eigenvalue weighted by atomic mass is 28.3. The van der Waals surface area contributed by atoms with Crippen molar-refractivity contribution in [2.75, 3.05) is 0 Å². The Morgan fingerprint density at radius 2 is 1.67 bits per heavy atom. The first kappa shape index (κ1) is 12.9. The maximum absolute atomic E-state index is 5.76. The monoisotopic (exact) mass is 228 g/mol. The van der Waals surface area contributed by atoms with Crippen LogP contribution in [0.5, 0.6) is 0 Å². The third-order valence-corrected chi connectivity index (χ3v) is 3.98. The fraction of sp³-hybridized carbons (Fsp3) is 0.833. The van der Waals surface area contributed by atoms with Crippen LogP contribution >= 0.6 is 0 Å². The van der Waals surface area contributed by atoms with Gasteiger partial charge in [0, 0.05) is 8.07 Å². The predicted molar refractivity (Wildman–Crippen MR) is 66.8 cm³/mol. The van der Waals surface area contributed by atoms with E-state index in [-0.39, 0.29) is 18.5 Å². The van der Waals surface area contributed by atoms with Gasteiger partial charge in [-0.05, 0) is 31.9 Å². The summed E-state index contributed by atoms with van der Waals surface area (Å²) in [5, 5.41) is 0. The third kappa shape index (κ3) is 4.49. The molecule has 0 amide bonds. The number of hydrogen-bond acceptors (Lipinski definition) is 2. The SMILES string of the molecule is C=C(C[Si](C)(C)C)C1O[C@@H](C)C[C@H](C)O1. The second kappa shape index (κ2) is 4.81. The van der Waals surface area contributed by atoms with Crippen molar-refractivity contribution >= 4 is 8.07 Å². The molecule has 1 aliphatic rings. The Morgan fingerprint density at radius 1 is 1.20 bits per heavy atom. The van der Waals surface area contributed by atoms with E-state index in [1.807, 2.05) is 0 Å². The van der Waals surface area contributed by atoms with E-state index in [1.54, 1.807) is 0 Å². The number of ether oxygens (including phenoxy) is 2. The molecular weight excluding hydrogens is 204 g/mol. The van der Waals surface area contributed by atoms with Crippen LogP contribution in [0.4, 0.5) is 0 Å². The smallest absolute Gasteiger partial charge is 0.179 e. The maximum Gasteiger partial charge on any atom is 0.179 e. The third-order valence-electron chi connectivity index (χ3n) is 2.47. The predicted octanol–water partition coefficient (Wildman–Crippen LogP) is 3.42. The Morgan fingerprint density at radius 3 is 2.07 bits per heavy atom. The van der Waals surface area contributed by atoms with Crippen molar-refractivity contribution in [1.29, 1.82) is 0 Å². The van der Waals surface area contributed by atoms with Gasteiger partial charge in [-0.3, -0.25) is 0 Å². The summed E-state index contributed by atoms with van der Waals surface area (Å²) < 4.78 is 11.5. The van der Waals surface area contributed by atoms with Crippen LogP contribution in [0.1, 0.15) is 20.3 Å². The minimum absolute atomic E-state index is 0.171. The summed E-state index contributed by atoms with van der Waals surface area (Å²) in [6.45, 7) is 15.4. The van der Waals surface area contributed by atoms with Crippen LogP contribution in [-0.4, -0.2) is 26.6 Å². The van der Waals surface area contributed by atoms with Crippen LogP contribution in [0.15, 0.2) is 12.2 Å². The first-order valence-electron chi connectivity index (χ1n) is 5.76. The van der Waals surface area contributed by atoms with Crippen molar-refractivity contribution in [3.63, 3.8) is 0 Å². The van der Waals surface area contributed by atoms with Gasteiger partial charge in [0.2, 0.25) is 0 Å². The first-order valence-corrected chi connectivity index (χ1v) is 9.47. The molecule has 1 rings (SSSR count). The number of hydrogen-bond donors (Lipinski definition) is 0. The molecule has 1 fully saturated rings. The highest BCUT2D eigenvalue weighted by Gasteiger charge is 2.28. The minimum Gasteiger partial charge on any atom is -0.346 e. The topological polar surface area (TPSA) is 18.5 Å². The molecule has 0 unspecified atom stereocenters. The van der Waals surface area contributed by atoms with Gasteiger partial charge in [-0.1, -0.05) is 26.2 Å². The lowest BCUT2D eigenvalue weighted by Gasteiger charge is -2.35. The van der Waals surface area contributed by atoms with Gasteiger partial charge in [0.15, 0.2) is 6.29 Å². The van der Waals surface area contributed by atoms with E-state index in [0.717, 1.165) is 18.0 Å². The molecular formula is C12H24O2Si. The molecule has 0 aromatic heterocycles. The van der Waals surface area contributed by atoms with Gasteiger partial charge in [-0.25, -0.2) is 0 Å². The second-order valence-electron chi connectivity index (χ2n) is 5.86. The summed E-state index contributed by atoms with van der Waals surface area (Å²) in [4.78, 5) is 0.